The molecule has 0 fully saturated rings. The highest BCUT2D eigenvalue weighted by atomic mass is 19.4. The molecule has 90 valence electrons. The number of anilines is 1. The van der Waals surface area contributed by atoms with Crippen LogP contribution in [0.1, 0.15) is 0 Å². The molecule has 1 heterocycles. The molecule has 0 unspecified atom stereocenters. The first-order valence-corrected chi connectivity index (χ1v) is 4.79. The SMILES string of the molecule is Nc1cnc2ccc(OCC(F)(F)F)cc2c1. The number of halogens is 3. The lowest BCUT2D eigenvalue weighted by Gasteiger charge is -2.09. The number of hydrogen-bond acceptors (Lipinski definition) is 3. The highest BCUT2D eigenvalue weighted by Crippen LogP contribution is 2.23. The van der Waals surface area contributed by atoms with Gasteiger partial charge < -0.3 is 10.5 Å². The summed E-state index contributed by atoms with van der Waals surface area (Å²) in [6.07, 6.45) is -2.86. The molecule has 0 atom stereocenters. The van der Waals surface area contributed by atoms with Crippen LogP contribution in [-0.4, -0.2) is 17.8 Å². The molecular weight excluding hydrogens is 233 g/mol. The van der Waals surface area contributed by atoms with E-state index in [1.165, 1.54) is 18.3 Å². The molecule has 0 aliphatic rings. The van der Waals surface area contributed by atoms with E-state index < -0.39 is 12.8 Å². The van der Waals surface area contributed by atoms with Crippen molar-refractivity contribution in [2.45, 2.75) is 6.18 Å². The molecule has 2 aromatic rings. The molecule has 3 nitrogen and oxygen atoms in total. The van der Waals surface area contributed by atoms with Crippen LogP contribution in [0.15, 0.2) is 30.5 Å². The fourth-order valence-electron chi connectivity index (χ4n) is 1.38. The van der Waals surface area contributed by atoms with Gasteiger partial charge in [0.1, 0.15) is 5.75 Å². The Kier molecular flexibility index (Phi) is 2.79. The van der Waals surface area contributed by atoms with Crippen LogP contribution >= 0.6 is 0 Å². The molecule has 1 aromatic carbocycles. The number of hydrogen-bond donors (Lipinski definition) is 1. The van der Waals surface area contributed by atoms with Crippen molar-refractivity contribution in [2.24, 2.45) is 0 Å². The third-order valence-corrected chi connectivity index (χ3v) is 2.08. The van der Waals surface area contributed by atoms with Gasteiger partial charge in [0.15, 0.2) is 6.61 Å². The maximum atomic E-state index is 12.0. The zero-order valence-electron chi connectivity index (χ0n) is 8.66. The molecule has 2 rings (SSSR count). The number of pyridine rings is 1. The minimum atomic E-state index is -4.34. The van der Waals surface area contributed by atoms with Gasteiger partial charge in [-0.2, -0.15) is 13.2 Å². The van der Waals surface area contributed by atoms with E-state index in [0.717, 1.165) is 0 Å². The third-order valence-electron chi connectivity index (χ3n) is 2.08. The van der Waals surface area contributed by atoms with Crippen molar-refractivity contribution in [2.75, 3.05) is 12.3 Å². The van der Waals surface area contributed by atoms with Gasteiger partial charge in [-0.15, -0.1) is 0 Å². The fourth-order valence-corrected chi connectivity index (χ4v) is 1.38. The first-order valence-electron chi connectivity index (χ1n) is 4.79. The number of alkyl halides is 3. The predicted octanol–water partition coefficient (Wildman–Crippen LogP) is 2.76. The minimum absolute atomic E-state index is 0.141. The first-order chi connectivity index (χ1) is 7.94. The Balaban J connectivity index is 2.25. The number of aromatic nitrogens is 1. The van der Waals surface area contributed by atoms with E-state index in [1.807, 2.05) is 0 Å². The molecule has 0 radical (unpaired) electrons. The number of benzene rings is 1. The molecule has 0 bridgehead atoms. The maximum absolute atomic E-state index is 12.0. The van der Waals surface area contributed by atoms with Crippen molar-refractivity contribution >= 4 is 16.6 Å². The van der Waals surface area contributed by atoms with E-state index >= 15 is 0 Å². The zero-order chi connectivity index (χ0) is 12.5. The van der Waals surface area contributed by atoms with Crippen LogP contribution < -0.4 is 10.5 Å². The summed E-state index contributed by atoms with van der Waals surface area (Å²) in [4.78, 5) is 4.03. The van der Waals surface area contributed by atoms with E-state index in [-0.39, 0.29) is 5.75 Å². The molecule has 0 spiro atoms. The summed E-state index contributed by atoms with van der Waals surface area (Å²) in [5.74, 6) is 0.141. The summed E-state index contributed by atoms with van der Waals surface area (Å²) in [5, 5.41) is 0.643. The van der Waals surface area contributed by atoms with Gasteiger partial charge in [-0.3, -0.25) is 4.98 Å². The van der Waals surface area contributed by atoms with Crippen LogP contribution in [-0.2, 0) is 0 Å². The molecule has 17 heavy (non-hydrogen) atoms. The number of ether oxygens (including phenoxy) is 1. The Morgan fingerprint density at radius 3 is 2.71 bits per heavy atom. The van der Waals surface area contributed by atoms with Crippen LogP contribution in [0, 0.1) is 0 Å². The Hall–Kier alpha value is -1.98. The van der Waals surface area contributed by atoms with Crippen molar-refractivity contribution in [3.05, 3.63) is 30.5 Å². The molecule has 0 aliphatic heterocycles. The minimum Gasteiger partial charge on any atom is -0.484 e. The highest BCUT2D eigenvalue weighted by molar-refractivity contribution is 5.82. The number of nitrogen functional groups attached to an aromatic ring is 1. The molecule has 0 amide bonds. The molecule has 2 N–H and O–H groups in total. The second-order valence-electron chi connectivity index (χ2n) is 3.53. The van der Waals surface area contributed by atoms with E-state index in [4.69, 9.17) is 5.73 Å². The Morgan fingerprint density at radius 2 is 2.00 bits per heavy atom. The summed E-state index contributed by atoms with van der Waals surface area (Å²) < 4.78 is 40.5. The predicted molar refractivity (Wildman–Crippen MR) is 57.7 cm³/mol. The summed E-state index contributed by atoms with van der Waals surface area (Å²) in [6, 6.07) is 6.13. The smallest absolute Gasteiger partial charge is 0.422 e. The first kappa shape index (κ1) is 11.5. The molecule has 0 aliphatic carbocycles. The molecule has 0 saturated heterocycles. The number of nitrogens with two attached hydrogens (primary N) is 1. The second kappa shape index (κ2) is 4.12. The van der Waals surface area contributed by atoms with Crippen LogP contribution in [0.2, 0.25) is 0 Å². The van der Waals surface area contributed by atoms with Crippen LogP contribution in [0.3, 0.4) is 0 Å². The van der Waals surface area contributed by atoms with Crippen molar-refractivity contribution in [1.82, 2.24) is 4.98 Å². The quantitative estimate of drug-likeness (QED) is 0.880. The Morgan fingerprint density at radius 1 is 1.24 bits per heavy atom. The van der Waals surface area contributed by atoms with Gasteiger partial charge in [0.05, 0.1) is 17.4 Å². The van der Waals surface area contributed by atoms with Gasteiger partial charge in [-0.05, 0) is 24.3 Å². The van der Waals surface area contributed by atoms with E-state index in [1.54, 1.807) is 12.1 Å². The van der Waals surface area contributed by atoms with Crippen LogP contribution in [0.25, 0.3) is 10.9 Å². The van der Waals surface area contributed by atoms with Crippen LogP contribution in [0.5, 0.6) is 5.75 Å². The summed E-state index contributed by atoms with van der Waals surface area (Å²) in [7, 11) is 0. The number of nitrogens with zero attached hydrogens (tertiary/aromatic N) is 1. The Bertz CT molecular complexity index is 540. The Labute approximate surface area is 95.0 Å². The van der Waals surface area contributed by atoms with Crippen molar-refractivity contribution in [3.63, 3.8) is 0 Å². The molecule has 6 heteroatoms. The van der Waals surface area contributed by atoms with Gasteiger partial charge in [-0.1, -0.05) is 0 Å². The maximum Gasteiger partial charge on any atom is 0.422 e. The number of fused-ring (bicyclic) bond motifs is 1. The van der Waals surface area contributed by atoms with E-state index in [2.05, 4.69) is 9.72 Å². The lowest BCUT2D eigenvalue weighted by molar-refractivity contribution is -0.153. The molecule has 1 aromatic heterocycles. The monoisotopic (exact) mass is 242 g/mol. The second-order valence-corrected chi connectivity index (χ2v) is 3.53. The van der Waals surface area contributed by atoms with E-state index in [0.29, 0.717) is 16.6 Å². The summed E-state index contributed by atoms with van der Waals surface area (Å²) >= 11 is 0. The van der Waals surface area contributed by atoms with Crippen molar-refractivity contribution in [1.29, 1.82) is 0 Å². The topological polar surface area (TPSA) is 48.1 Å². The average molecular weight is 242 g/mol. The van der Waals surface area contributed by atoms with Gasteiger partial charge in [0.25, 0.3) is 0 Å². The highest BCUT2D eigenvalue weighted by Gasteiger charge is 2.28. The van der Waals surface area contributed by atoms with Gasteiger partial charge in [0.2, 0.25) is 0 Å². The number of rotatable bonds is 2. The standard InChI is InChI=1S/C11H9F3N2O/c12-11(13,14)6-17-9-1-2-10-7(4-9)3-8(15)5-16-10/h1-5H,6,15H2. The van der Waals surface area contributed by atoms with Crippen LogP contribution in [0.4, 0.5) is 18.9 Å². The largest absolute Gasteiger partial charge is 0.484 e. The zero-order valence-corrected chi connectivity index (χ0v) is 8.66. The van der Waals surface area contributed by atoms with Crippen molar-refractivity contribution in [3.8, 4) is 5.75 Å². The fraction of sp³-hybridized carbons (Fsp3) is 0.182. The molecular formula is C11H9F3N2O. The van der Waals surface area contributed by atoms with Crippen molar-refractivity contribution < 1.29 is 17.9 Å². The average Bonchev–Trinajstić information content (AvgIpc) is 2.24. The van der Waals surface area contributed by atoms with E-state index in [9.17, 15) is 13.2 Å². The third kappa shape index (κ3) is 2.99. The van der Waals surface area contributed by atoms with Gasteiger partial charge in [-0.25, -0.2) is 0 Å². The molecule has 0 saturated carbocycles. The summed E-state index contributed by atoms with van der Waals surface area (Å²) in [6.45, 7) is -1.31. The van der Waals surface area contributed by atoms with Gasteiger partial charge in [0, 0.05) is 5.39 Å². The lowest BCUT2D eigenvalue weighted by Crippen LogP contribution is -2.19. The van der Waals surface area contributed by atoms with Gasteiger partial charge >= 0.3 is 6.18 Å². The lowest BCUT2D eigenvalue weighted by atomic mass is 10.2. The normalized spacial score (nSPS) is 11.7. The summed E-state index contributed by atoms with van der Waals surface area (Å²) in [5.41, 5.74) is 6.63.